The minimum absolute atomic E-state index is 0.00400. The number of likely N-dealkylation sites (tertiary alicyclic amines) is 1. The van der Waals surface area contributed by atoms with Crippen molar-refractivity contribution in [2.24, 2.45) is 0 Å². The maximum absolute atomic E-state index is 12.9. The van der Waals surface area contributed by atoms with Gasteiger partial charge in [0.2, 0.25) is 0 Å². The number of carbonyl (C=O) groups excluding carboxylic acids is 1. The van der Waals surface area contributed by atoms with Crippen molar-refractivity contribution in [3.05, 3.63) is 58.1 Å². The van der Waals surface area contributed by atoms with Crippen molar-refractivity contribution in [3.8, 4) is 11.5 Å². The lowest BCUT2D eigenvalue weighted by Gasteiger charge is -2.26. The maximum Gasteiger partial charge on any atom is 0.258 e. The molecular formula is C18H18ClNO3. The molecule has 0 spiro atoms. The van der Waals surface area contributed by atoms with Crippen LogP contribution in [0.25, 0.3) is 0 Å². The second-order valence-corrected chi connectivity index (χ2v) is 6.24. The number of hydrogen-bond acceptors (Lipinski definition) is 3. The number of phenolic OH excluding ortho intramolecular Hbond substituents is 2. The third-order valence-electron chi connectivity index (χ3n) is 4.36. The van der Waals surface area contributed by atoms with E-state index < -0.39 is 0 Å². The molecule has 2 aromatic rings. The van der Waals surface area contributed by atoms with E-state index in [-0.39, 0.29) is 34.0 Å². The summed E-state index contributed by atoms with van der Waals surface area (Å²) in [5.74, 6) is -0.764. The molecule has 5 heteroatoms. The minimum Gasteiger partial charge on any atom is -0.507 e. The standard InChI is InChI=1S/C18H18ClNO3/c1-11-5-2-3-6-12(11)15-7-4-8-20(15)18(23)13-9-14(19)17(22)10-16(13)21/h2-3,5-6,9-10,15,21-22H,4,7-8H2,1H3. The van der Waals surface area contributed by atoms with E-state index in [2.05, 4.69) is 0 Å². The van der Waals surface area contributed by atoms with Crippen molar-refractivity contribution in [2.75, 3.05) is 6.54 Å². The zero-order valence-corrected chi connectivity index (χ0v) is 13.5. The van der Waals surface area contributed by atoms with Crippen LogP contribution in [0.5, 0.6) is 11.5 Å². The molecule has 1 fully saturated rings. The van der Waals surface area contributed by atoms with Gasteiger partial charge in [0, 0.05) is 12.6 Å². The van der Waals surface area contributed by atoms with E-state index in [1.807, 2.05) is 31.2 Å². The normalized spacial score (nSPS) is 17.5. The fourth-order valence-corrected chi connectivity index (χ4v) is 3.33. The summed E-state index contributed by atoms with van der Waals surface area (Å²) in [7, 11) is 0. The Morgan fingerprint density at radius 1 is 1.22 bits per heavy atom. The summed E-state index contributed by atoms with van der Waals surface area (Å²) in [6, 6.07) is 10.4. The van der Waals surface area contributed by atoms with Crippen LogP contribution in [0.1, 0.15) is 40.4 Å². The number of rotatable bonds is 2. The average Bonchev–Trinajstić information content (AvgIpc) is 3.00. The van der Waals surface area contributed by atoms with Crippen LogP contribution in [0.2, 0.25) is 5.02 Å². The molecule has 2 N–H and O–H groups in total. The Balaban J connectivity index is 1.96. The van der Waals surface area contributed by atoms with Gasteiger partial charge in [-0.3, -0.25) is 4.79 Å². The number of amides is 1. The summed E-state index contributed by atoms with van der Waals surface area (Å²) in [6.45, 7) is 2.67. The van der Waals surface area contributed by atoms with Crippen LogP contribution in [-0.4, -0.2) is 27.6 Å². The molecule has 1 saturated heterocycles. The molecule has 0 aromatic heterocycles. The number of aromatic hydroxyl groups is 2. The summed E-state index contributed by atoms with van der Waals surface area (Å²) in [5.41, 5.74) is 2.39. The van der Waals surface area contributed by atoms with Gasteiger partial charge in [-0.15, -0.1) is 0 Å². The highest BCUT2D eigenvalue weighted by atomic mass is 35.5. The van der Waals surface area contributed by atoms with Gasteiger partial charge in [-0.25, -0.2) is 0 Å². The van der Waals surface area contributed by atoms with E-state index in [1.54, 1.807) is 4.90 Å². The zero-order valence-electron chi connectivity index (χ0n) is 12.8. The highest BCUT2D eigenvalue weighted by Crippen LogP contribution is 2.37. The van der Waals surface area contributed by atoms with Crippen LogP contribution in [0, 0.1) is 6.92 Å². The number of phenols is 2. The summed E-state index contributed by atoms with van der Waals surface area (Å²) >= 11 is 5.88. The molecule has 0 radical (unpaired) electrons. The van der Waals surface area contributed by atoms with Gasteiger partial charge in [-0.1, -0.05) is 35.9 Å². The summed E-state index contributed by atoms with van der Waals surface area (Å²) in [6.07, 6.45) is 1.81. The fourth-order valence-electron chi connectivity index (χ4n) is 3.17. The number of nitrogens with zero attached hydrogens (tertiary/aromatic N) is 1. The van der Waals surface area contributed by atoms with E-state index in [9.17, 15) is 15.0 Å². The van der Waals surface area contributed by atoms with E-state index >= 15 is 0 Å². The fraction of sp³-hybridized carbons (Fsp3) is 0.278. The van der Waals surface area contributed by atoms with Gasteiger partial charge in [-0.05, 0) is 37.0 Å². The SMILES string of the molecule is Cc1ccccc1C1CCCN1C(=O)c1cc(Cl)c(O)cc1O. The highest BCUT2D eigenvalue weighted by molar-refractivity contribution is 6.32. The Bertz CT molecular complexity index is 760. The first-order valence-electron chi connectivity index (χ1n) is 7.57. The van der Waals surface area contributed by atoms with E-state index in [0.29, 0.717) is 6.54 Å². The zero-order chi connectivity index (χ0) is 16.6. The molecular weight excluding hydrogens is 314 g/mol. The number of aryl methyl sites for hydroxylation is 1. The molecule has 1 heterocycles. The first kappa shape index (κ1) is 15.7. The first-order chi connectivity index (χ1) is 11.0. The lowest BCUT2D eigenvalue weighted by atomic mass is 9.99. The molecule has 3 rings (SSSR count). The van der Waals surface area contributed by atoms with Gasteiger partial charge < -0.3 is 15.1 Å². The van der Waals surface area contributed by atoms with Crippen molar-refractivity contribution in [1.29, 1.82) is 0 Å². The van der Waals surface area contributed by atoms with Crippen molar-refractivity contribution < 1.29 is 15.0 Å². The maximum atomic E-state index is 12.9. The molecule has 4 nitrogen and oxygen atoms in total. The molecule has 1 amide bonds. The number of carbonyl (C=O) groups is 1. The molecule has 1 atom stereocenters. The molecule has 1 unspecified atom stereocenters. The Morgan fingerprint density at radius 3 is 2.70 bits per heavy atom. The van der Waals surface area contributed by atoms with E-state index in [1.165, 1.54) is 6.07 Å². The molecule has 120 valence electrons. The third-order valence-corrected chi connectivity index (χ3v) is 4.66. The van der Waals surface area contributed by atoms with Gasteiger partial charge in [-0.2, -0.15) is 0 Å². The lowest BCUT2D eigenvalue weighted by molar-refractivity contribution is 0.0732. The van der Waals surface area contributed by atoms with Crippen LogP contribution < -0.4 is 0 Å². The Kier molecular flexibility index (Phi) is 4.18. The third kappa shape index (κ3) is 2.86. The summed E-state index contributed by atoms with van der Waals surface area (Å²) in [5, 5.41) is 19.6. The molecule has 2 aromatic carbocycles. The predicted octanol–water partition coefficient (Wildman–Crippen LogP) is 4.04. The first-order valence-corrected chi connectivity index (χ1v) is 7.95. The van der Waals surface area contributed by atoms with Crippen LogP contribution in [0.4, 0.5) is 0 Å². The van der Waals surface area contributed by atoms with Crippen molar-refractivity contribution in [3.63, 3.8) is 0 Å². The Labute approximate surface area is 139 Å². The van der Waals surface area contributed by atoms with Crippen molar-refractivity contribution in [1.82, 2.24) is 4.90 Å². The topological polar surface area (TPSA) is 60.8 Å². The summed E-state index contributed by atoms with van der Waals surface area (Å²) in [4.78, 5) is 14.6. The molecule has 0 saturated carbocycles. The molecule has 1 aliphatic rings. The largest absolute Gasteiger partial charge is 0.507 e. The summed E-state index contributed by atoms with van der Waals surface area (Å²) < 4.78 is 0. The van der Waals surface area contributed by atoms with E-state index in [4.69, 9.17) is 11.6 Å². The molecule has 1 aliphatic heterocycles. The Morgan fingerprint density at radius 2 is 1.96 bits per heavy atom. The second-order valence-electron chi connectivity index (χ2n) is 5.83. The molecule has 0 bridgehead atoms. The van der Waals surface area contributed by atoms with Crippen molar-refractivity contribution >= 4 is 17.5 Å². The van der Waals surface area contributed by atoms with Gasteiger partial charge in [0.05, 0.1) is 16.6 Å². The van der Waals surface area contributed by atoms with Crippen LogP contribution in [-0.2, 0) is 0 Å². The van der Waals surface area contributed by atoms with Gasteiger partial charge in [0.15, 0.2) is 0 Å². The van der Waals surface area contributed by atoms with Crippen molar-refractivity contribution in [2.45, 2.75) is 25.8 Å². The monoisotopic (exact) mass is 331 g/mol. The number of benzene rings is 2. The average molecular weight is 332 g/mol. The quantitative estimate of drug-likeness (QED) is 0.873. The van der Waals surface area contributed by atoms with Gasteiger partial charge in [0.1, 0.15) is 11.5 Å². The van der Waals surface area contributed by atoms with Gasteiger partial charge >= 0.3 is 0 Å². The number of hydrogen-bond donors (Lipinski definition) is 2. The smallest absolute Gasteiger partial charge is 0.258 e. The molecule has 23 heavy (non-hydrogen) atoms. The second kappa shape index (κ2) is 6.13. The van der Waals surface area contributed by atoms with Crippen LogP contribution in [0.15, 0.2) is 36.4 Å². The van der Waals surface area contributed by atoms with E-state index in [0.717, 1.165) is 30.0 Å². The van der Waals surface area contributed by atoms with Crippen LogP contribution >= 0.6 is 11.6 Å². The number of halogens is 1. The minimum atomic E-state index is -0.268. The highest BCUT2D eigenvalue weighted by Gasteiger charge is 2.32. The lowest BCUT2D eigenvalue weighted by Crippen LogP contribution is -2.31. The Hall–Kier alpha value is -2.20. The van der Waals surface area contributed by atoms with Crippen LogP contribution in [0.3, 0.4) is 0 Å². The molecule has 0 aliphatic carbocycles. The van der Waals surface area contributed by atoms with Gasteiger partial charge in [0.25, 0.3) is 5.91 Å². The predicted molar refractivity (Wildman–Crippen MR) is 89.0 cm³/mol.